The fraction of sp³-hybridized carbons (Fsp3) is 0.278. The Morgan fingerprint density at radius 2 is 1.89 bits per heavy atom. The van der Waals surface area contributed by atoms with Crippen LogP contribution in [0.25, 0.3) is 0 Å². The van der Waals surface area contributed by atoms with E-state index < -0.39 is 23.8 Å². The first kappa shape index (κ1) is 20.8. The summed E-state index contributed by atoms with van der Waals surface area (Å²) in [6, 6.07) is 8.99. The van der Waals surface area contributed by atoms with Crippen LogP contribution >= 0.6 is 11.8 Å². The minimum absolute atomic E-state index is 0.0381. The Kier molecular flexibility index (Phi) is 6.84. The third kappa shape index (κ3) is 5.99. The maximum absolute atomic E-state index is 12.4. The summed E-state index contributed by atoms with van der Waals surface area (Å²) in [6.45, 7) is 3.46. The molecule has 144 valence electrons. The van der Waals surface area contributed by atoms with Crippen molar-refractivity contribution in [1.29, 1.82) is 0 Å². The SMILES string of the molecule is CCOC(=O)c1ccc(C(=O)Nc2ccccc2SCC(F)(F)F)nc1C. The predicted molar refractivity (Wildman–Crippen MR) is 96.1 cm³/mol. The van der Waals surface area contributed by atoms with Crippen molar-refractivity contribution in [2.75, 3.05) is 17.7 Å². The van der Waals surface area contributed by atoms with Crippen LogP contribution in [0.5, 0.6) is 0 Å². The second-order valence-corrected chi connectivity index (χ2v) is 6.42. The van der Waals surface area contributed by atoms with Crippen molar-refractivity contribution >= 4 is 29.3 Å². The molecule has 0 aliphatic rings. The number of rotatable bonds is 6. The third-order valence-electron chi connectivity index (χ3n) is 3.34. The highest BCUT2D eigenvalue weighted by Crippen LogP contribution is 2.32. The monoisotopic (exact) mass is 398 g/mol. The van der Waals surface area contributed by atoms with Gasteiger partial charge in [0, 0.05) is 4.90 Å². The highest BCUT2D eigenvalue weighted by molar-refractivity contribution is 7.99. The molecule has 1 amide bonds. The first-order chi connectivity index (χ1) is 12.7. The molecule has 1 heterocycles. The number of aromatic nitrogens is 1. The largest absolute Gasteiger partial charge is 0.462 e. The highest BCUT2D eigenvalue weighted by Gasteiger charge is 2.27. The van der Waals surface area contributed by atoms with E-state index in [0.29, 0.717) is 22.4 Å². The number of carbonyl (C=O) groups excluding carboxylic acids is 2. The Morgan fingerprint density at radius 3 is 2.52 bits per heavy atom. The molecule has 0 atom stereocenters. The third-order valence-corrected chi connectivity index (χ3v) is 4.48. The van der Waals surface area contributed by atoms with E-state index in [9.17, 15) is 22.8 Å². The summed E-state index contributed by atoms with van der Waals surface area (Å²) in [5.41, 5.74) is 0.859. The van der Waals surface area contributed by atoms with Crippen LogP contribution < -0.4 is 5.32 Å². The molecular weight excluding hydrogens is 381 g/mol. The number of para-hydroxylation sites is 1. The molecule has 0 saturated carbocycles. The van der Waals surface area contributed by atoms with Gasteiger partial charge in [-0.05, 0) is 38.1 Å². The Bertz CT molecular complexity index is 841. The second kappa shape index (κ2) is 8.90. The molecule has 2 rings (SSSR count). The van der Waals surface area contributed by atoms with Gasteiger partial charge < -0.3 is 10.1 Å². The van der Waals surface area contributed by atoms with Crippen LogP contribution in [-0.2, 0) is 4.74 Å². The number of pyridine rings is 1. The van der Waals surface area contributed by atoms with Crippen LogP contribution in [0, 0.1) is 6.92 Å². The lowest BCUT2D eigenvalue weighted by molar-refractivity contribution is -0.105. The lowest BCUT2D eigenvalue weighted by Gasteiger charge is -2.12. The average molecular weight is 398 g/mol. The number of esters is 1. The topological polar surface area (TPSA) is 68.3 Å². The average Bonchev–Trinajstić information content (AvgIpc) is 2.60. The van der Waals surface area contributed by atoms with Gasteiger partial charge in [-0.1, -0.05) is 12.1 Å². The first-order valence-electron chi connectivity index (χ1n) is 7.96. The molecule has 1 aromatic heterocycles. The number of nitrogens with one attached hydrogen (secondary N) is 1. The van der Waals surface area contributed by atoms with Crippen LogP contribution in [0.1, 0.15) is 33.5 Å². The Labute approximate surface area is 158 Å². The quantitative estimate of drug-likeness (QED) is 0.574. The van der Waals surface area contributed by atoms with Gasteiger partial charge in [-0.3, -0.25) is 4.79 Å². The number of nitrogens with zero attached hydrogens (tertiary/aromatic N) is 1. The molecule has 0 saturated heterocycles. The van der Waals surface area contributed by atoms with Gasteiger partial charge in [0.2, 0.25) is 0 Å². The molecule has 27 heavy (non-hydrogen) atoms. The van der Waals surface area contributed by atoms with Gasteiger partial charge in [0.05, 0.1) is 29.3 Å². The van der Waals surface area contributed by atoms with E-state index in [4.69, 9.17) is 4.74 Å². The summed E-state index contributed by atoms with van der Waals surface area (Å²) < 4.78 is 42.2. The maximum atomic E-state index is 12.4. The number of aryl methyl sites for hydroxylation is 1. The molecule has 0 aliphatic heterocycles. The van der Waals surface area contributed by atoms with Gasteiger partial charge in [0.1, 0.15) is 5.69 Å². The van der Waals surface area contributed by atoms with Crippen molar-refractivity contribution in [3.05, 3.63) is 53.3 Å². The number of halogens is 3. The van der Waals surface area contributed by atoms with Crippen molar-refractivity contribution in [3.63, 3.8) is 0 Å². The summed E-state index contributed by atoms with van der Waals surface area (Å²) in [5.74, 6) is -2.19. The van der Waals surface area contributed by atoms with Crippen LogP contribution in [0.15, 0.2) is 41.3 Å². The molecule has 0 spiro atoms. The molecule has 1 aromatic carbocycles. The van der Waals surface area contributed by atoms with Crippen molar-refractivity contribution < 1.29 is 27.5 Å². The molecule has 2 aromatic rings. The van der Waals surface area contributed by atoms with Crippen LogP contribution in [-0.4, -0.2) is 35.4 Å². The fourth-order valence-electron chi connectivity index (χ4n) is 2.15. The molecule has 1 N–H and O–H groups in total. The number of carbonyl (C=O) groups is 2. The van der Waals surface area contributed by atoms with Gasteiger partial charge in [0.15, 0.2) is 0 Å². The number of thioether (sulfide) groups is 1. The Morgan fingerprint density at radius 1 is 1.19 bits per heavy atom. The van der Waals surface area contributed by atoms with Gasteiger partial charge in [0.25, 0.3) is 5.91 Å². The van der Waals surface area contributed by atoms with E-state index in [1.54, 1.807) is 26.0 Å². The number of alkyl halides is 3. The summed E-state index contributed by atoms with van der Waals surface area (Å²) in [7, 11) is 0. The normalized spacial score (nSPS) is 11.1. The van der Waals surface area contributed by atoms with E-state index in [1.165, 1.54) is 24.3 Å². The zero-order valence-electron chi connectivity index (χ0n) is 14.6. The molecule has 5 nitrogen and oxygen atoms in total. The Hall–Kier alpha value is -2.55. The minimum Gasteiger partial charge on any atom is -0.462 e. The molecule has 0 aliphatic carbocycles. The lowest BCUT2D eigenvalue weighted by Crippen LogP contribution is -2.17. The molecule has 9 heteroatoms. The van der Waals surface area contributed by atoms with Gasteiger partial charge >= 0.3 is 12.1 Å². The summed E-state index contributed by atoms with van der Waals surface area (Å²) >= 11 is 0.585. The van der Waals surface area contributed by atoms with Crippen molar-refractivity contribution in [1.82, 2.24) is 4.98 Å². The van der Waals surface area contributed by atoms with E-state index in [1.807, 2.05) is 0 Å². The molecule has 0 bridgehead atoms. The smallest absolute Gasteiger partial charge is 0.398 e. The molecule has 0 radical (unpaired) electrons. The molecular formula is C18H17F3N2O3S. The number of amides is 1. The number of hydrogen-bond acceptors (Lipinski definition) is 5. The number of ether oxygens (including phenoxy) is 1. The van der Waals surface area contributed by atoms with Crippen molar-refractivity contribution in [2.24, 2.45) is 0 Å². The summed E-state index contributed by atoms with van der Waals surface area (Å²) in [6.07, 6.45) is -4.32. The van der Waals surface area contributed by atoms with E-state index >= 15 is 0 Å². The van der Waals surface area contributed by atoms with Crippen molar-refractivity contribution in [3.8, 4) is 0 Å². The second-order valence-electron chi connectivity index (χ2n) is 5.40. The zero-order chi connectivity index (χ0) is 20.0. The van der Waals surface area contributed by atoms with Crippen molar-refractivity contribution in [2.45, 2.75) is 24.9 Å². The van der Waals surface area contributed by atoms with Gasteiger partial charge in [-0.15, -0.1) is 11.8 Å². The molecule has 0 fully saturated rings. The molecule has 0 unspecified atom stereocenters. The number of hydrogen-bond donors (Lipinski definition) is 1. The summed E-state index contributed by atoms with van der Waals surface area (Å²) in [5, 5.41) is 2.56. The van der Waals surface area contributed by atoms with Crippen LogP contribution in [0.4, 0.5) is 18.9 Å². The van der Waals surface area contributed by atoms with Crippen LogP contribution in [0.3, 0.4) is 0 Å². The fourth-order valence-corrected chi connectivity index (χ4v) is 2.92. The zero-order valence-corrected chi connectivity index (χ0v) is 15.4. The highest BCUT2D eigenvalue weighted by atomic mass is 32.2. The number of anilines is 1. The van der Waals surface area contributed by atoms with Gasteiger partial charge in [-0.25, -0.2) is 9.78 Å². The standard InChI is InChI=1S/C18H17F3N2O3S/c1-3-26-17(25)12-8-9-14(22-11(12)2)16(24)23-13-6-4-5-7-15(13)27-10-18(19,20)21/h4-9H,3,10H2,1-2H3,(H,23,24). The van der Waals surface area contributed by atoms with E-state index in [-0.39, 0.29) is 23.6 Å². The maximum Gasteiger partial charge on any atom is 0.398 e. The van der Waals surface area contributed by atoms with Crippen LogP contribution in [0.2, 0.25) is 0 Å². The minimum atomic E-state index is -4.32. The summed E-state index contributed by atoms with van der Waals surface area (Å²) in [4.78, 5) is 28.6. The number of benzene rings is 1. The lowest BCUT2D eigenvalue weighted by atomic mass is 10.2. The van der Waals surface area contributed by atoms with E-state index in [0.717, 1.165) is 0 Å². The van der Waals surface area contributed by atoms with E-state index in [2.05, 4.69) is 10.3 Å². The first-order valence-corrected chi connectivity index (χ1v) is 8.94. The van der Waals surface area contributed by atoms with Gasteiger partial charge in [-0.2, -0.15) is 13.2 Å². The Balaban J connectivity index is 2.16. The predicted octanol–water partition coefficient (Wildman–Crippen LogP) is 4.47.